The smallest absolute Gasteiger partial charge is 0.191 e. The maximum Gasteiger partial charge on any atom is 0.191 e. The summed E-state index contributed by atoms with van der Waals surface area (Å²) in [5.74, 6) is 0.828. The van der Waals surface area contributed by atoms with Crippen molar-refractivity contribution in [3.8, 4) is 0 Å². The van der Waals surface area contributed by atoms with Gasteiger partial charge in [0.1, 0.15) is 0 Å². The zero-order valence-electron chi connectivity index (χ0n) is 14.1. The molecule has 0 amide bonds. The lowest BCUT2D eigenvalue weighted by molar-refractivity contribution is 0.129. The third-order valence-electron chi connectivity index (χ3n) is 3.04. The molecule has 0 saturated carbocycles. The first kappa shape index (κ1) is 21.6. The lowest BCUT2D eigenvalue weighted by Gasteiger charge is -2.11. The van der Waals surface area contributed by atoms with Crippen LogP contribution in [0.1, 0.15) is 41.8 Å². The highest BCUT2D eigenvalue weighted by Gasteiger charge is 2.05. The van der Waals surface area contributed by atoms with E-state index in [9.17, 15) is 0 Å². The summed E-state index contributed by atoms with van der Waals surface area (Å²) in [6, 6.07) is 0. The van der Waals surface area contributed by atoms with E-state index in [1.54, 1.807) is 18.4 Å². The van der Waals surface area contributed by atoms with Crippen molar-refractivity contribution in [3.63, 3.8) is 0 Å². The summed E-state index contributed by atoms with van der Waals surface area (Å²) in [4.78, 5) is 9.91. The number of aliphatic imine (C=N–C) groups is 1. The van der Waals surface area contributed by atoms with E-state index in [4.69, 9.17) is 4.74 Å². The quantitative estimate of drug-likeness (QED) is 0.268. The Morgan fingerprint density at radius 3 is 2.55 bits per heavy atom. The number of hydrogen-bond acceptors (Lipinski definition) is 4. The van der Waals surface area contributed by atoms with Crippen molar-refractivity contribution in [2.75, 3.05) is 26.8 Å². The molecule has 2 N–H and O–H groups in total. The average molecular weight is 440 g/mol. The van der Waals surface area contributed by atoms with Gasteiger partial charge in [-0.25, -0.2) is 4.98 Å². The minimum Gasteiger partial charge on any atom is -0.381 e. The molecule has 0 saturated heterocycles. The first-order chi connectivity index (χ1) is 10.2. The van der Waals surface area contributed by atoms with Gasteiger partial charge in [-0.15, -0.1) is 35.3 Å². The molecular weight excluding hydrogens is 411 g/mol. The predicted octanol–water partition coefficient (Wildman–Crippen LogP) is 3.25. The molecular formula is C15H29IN4OS. The molecule has 128 valence electrons. The Hall–Kier alpha value is -0.410. The summed E-state index contributed by atoms with van der Waals surface area (Å²) in [6.45, 7) is 9.56. The molecule has 0 aliphatic rings. The van der Waals surface area contributed by atoms with E-state index in [-0.39, 0.29) is 24.0 Å². The first-order valence-electron chi connectivity index (χ1n) is 7.62. The standard InChI is InChI=1S/C15H28N4OS.HI/c1-5-6-9-20-10-7-8-17-15(16-4)18-11-14-12(2)19-13(3)21-14;/h5-11H2,1-4H3,(H2,16,17,18);1H. The SMILES string of the molecule is CCCCOCCCNC(=NC)NCc1sc(C)nc1C.I. The molecule has 0 unspecified atom stereocenters. The second kappa shape index (κ2) is 13.1. The Morgan fingerprint density at radius 1 is 1.23 bits per heavy atom. The predicted molar refractivity (Wildman–Crippen MR) is 106 cm³/mol. The van der Waals surface area contributed by atoms with E-state index < -0.39 is 0 Å². The summed E-state index contributed by atoms with van der Waals surface area (Å²) >= 11 is 1.73. The molecule has 0 radical (unpaired) electrons. The van der Waals surface area contributed by atoms with Crippen LogP contribution in [0.5, 0.6) is 0 Å². The summed E-state index contributed by atoms with van der Waals surface area (Å²) < 4.78 is 5.53. The number of halogens is 1. The van der Waals surface area contributed by atoms with Gasteiger partial charge in [-0.05, 0) is 26.7 Å². The molecule has 5 nitrogen and oxygen atoms in total. The number of unbranched alkanes of at least 4 members (excludes halogenated alkanes) is 1. The fourth-order valence-electron chi connectivity index (χ4n) is 1.85. The molecule has 0 bridgehead atoms. The van der Waals surface area contributed by atoms with Crippen LogP contribution in [0.15, 0.2) is 4.99 Å². The van der Waals surface area contributed by atoms with Gasteiger partial charge in [-0.1, -0.05) is 13.3 Å². The molecule has 1 aromatic heterocycles. The van der Waals surface area contributed by atoms with Gasteiger partial charge in [0.15, 0.2) is 5.96 Å². The maximum atomic E-state index is 5.53. The van der Waals surface area contributed by atoms with Crippen LogP contribution in [0.25, 0.3) is 0 Å². The number of aryl methyl sites for hydroxylation is 2. The van der Waals surface area contributed by atoms with Crippen LogP contribution in [-0.4, -0.2) is 37.7 Å². The highest BCUT2D eigenvalue weighted by atomic mass is 127. The van der Waals surface area contributed by atoms with Gasteiger partial charge in [-0.2, -0.15) is 0 Å². The Bertz CT molecular complexity index is 437. The third kappa shape index (κ3) is 8.89. The van der Waals surface area contributed by atoms with Crippen LogP contribution in [-0.2, 0) is 11.3 Å². The molecule has 0 aromatic carbocycles. The molecule has 1 rings (SSSR count). The van der Waals surface area contributed by atoms with Crippen molar-refractivity contribution in [3.05, 3.63) is 15.6 Å². The number of thiazole rings is 1. The Morgan fingerprint density at radius 2 is 1.95 bits per heavy atom. The van der Waals surface area contributed by atoms with Crippen LogP contribution in [0, 0.1) is 13.8 Å². The Kier molecular flexibility index (Phi) is 12.8. The summed E-state index contributed by atoms with van der Waals surface area (Å²) in [6.07, 6.45) is 3.32. The largest absolute Gasteiger partial charge is 0.381 e. The van der Waals surface area contributed by atoms with Crippen molar-refractivity contribution >= 4 is 41.3 Å². The third-order valence-corrected chi connectivity index (χ3v) is 4.11. The van der Waals surface area contributed by atoms with Gasteiger partial charge >= 0.3 is 0 Å². The molecule has 0 fully saturated rings. The van der Waals surface area contributed by atoms with E-state index in [1.807, 2.05) is 13.8 Å². The van der Waals surface area contributed by atoms with Gasteiger partial charge < -0.3 is 15.4 Å². The van der Waals surface area contributed by atoms with Gasteiger partial charge in [0.25, 0.3) is 0 Å². The highest BCUT2D eigenvalue weighted by molar-refractivity contribution is 14.0. The molecule has 22 heavy (non-hydrogen) atoms. The molecule has 1 aromatic rings. The number of ether oxygens (including phenoxy) is 1. The minimum atomic E-state index is 0. The normalized spacial score (nSPS) is 11.2. The van der Waals surface area contributed by atoms with Gasteiger partial charge in [0.2, 0.25) is 0 Å². The molecule has 0 aliphatic heterocycles. The number of aromatic nitrogens is 1. The number of nitrogens with one attached hydrogen (secondary N) is 2. The fraction of sp³-hybridized carbons (Fsp3) is 0.733. The van der Waals surface area contributed by atoms with Crippen molar-refractivity contribution in [1.29, 1.82) is 0 Å². The van der Waals surface area contributed by atoms with Crippen LogP contribution >= 0.6 is 35.3 Å². The topological polar surface area (TPSA) is 58.5 Å². The van der Waals surface area contributed by atoms with E-state index in [0.29, 0.717) is 0 Å². The maximum absolute atomic E-state index is 5.53. The zero-order valence-corrected chi connectivity index (χ0v) is 17.2. The van der Waals surface area contributed by atoms with Gasteiger partial charge in [0.05, 0.1) is 17.2 Å². The van der Waals surface area contributed by atoms with Crippen LogP contribution in [0.3, 0.4) is 0 Å². The van der Waals surface area contributed by atoms with E-state index in [0.717, 1.165) is 55.8 Å². The number of guanidine groups is 1. The van der Waals surface area contributed by atoms with Crippen LogP contribution in [0.2, 0.25) is 0 Å². The molecule has 0 atom stereocenters. The first-order valence-corrected chi connectivity index (χ1v) is 8.44. The zero-order chi connectivity index (χ0) is 15.5. The van der Waals surface area contributed by atoms with Gasteiger partial charge in [-0.3, -0.25) is 4.99 Å². The molecule has 0 spiro atoms. The van der Waals surface area contributed by atoms with Crippen LogP contribution < -0.4 is 10.6 Å². The number of nitrogens with zero attached hydrogens (tertiary/aromatic N) is 2. The lowest BCUT2D eigenvalue weighted by Crippen LogP contribution is -2.37. The fourth-order valence-corrected chi connectivity index (χ4v) is 2.73. The second-order valence-corrected chi connectivity index (χ2v) is 6.20. The van der Waals surface area contributed by atoms with E-state index in [2.05, 4.69) is 27.5 Å². The van der Waals surface area contributed by atoms with Crippen molar-refractivity contribution in [1.82, 2.24) is 15.6 Å². The molecule has 0 aliphatic carbocycles. The second-order valence-electron chi connectivity index (χ2n) is 4.91. The number of hydrogen-bond donors (Lipinski definition) is 2. The van der Waals surface area contributed by atoms with Crippen molar-refractivity contribution < 1.29 is 4.74 Å². The Balaban J connectivity index is 0.00000441. The lowest BCUT2D eigenvalue weighted by atomic mass is 10.3. The Labute approximate surface area is 155 Å². The van der Waals surface area contributed by atoms with Gasteiger partial charge in [0, 0.05) is 31.7 Å². The highest BCUT2D eigenvalue weighted by Crippen LogP contribution is 2.16. The van der Waals surface area contributed by atoms with Crippen molar-refractivity contribution in [2.24, 2.45) is 4.99 Å². The summed E-state index contributed by atoms with van der Waals surface area (Å²) in [5.41, 5.74) is 1.10. The summed E-state index contributed by atoms with van der Waals surface area (Å²) in [7, 11) is 1.79. The molecule has 1 heterocycles. The van der Waals surface area contributed by atoms with Crippen molar-refractivity contribution in [2.45, 2.75) is 46.6 Å². The average Bonchev–Trinajstić information content (AvgIpc) is 2.79. The monoisotopic (exact) mass is 440 g/mol. The van der Waals surface area contributed by atoms with E-state index in [1.165, 1.54) is 11.3 Å². The minimum absolute atomic E-state index is 0. The van der Waals surface area contributed by atoms with Crippen LogP contribution in [0.4, 0.5) is 0 Å². The molecule has 7 heteroatoms. The number of rotatable bonds is 9. The summed E-state index contributed by atoms with van der Waals surface area (Å²) in [5, 5.41) is 7.73. The van der Waals surface area contributed by atoms with E-state index >= 15 is 0 Å².